The second kappa shape index (κ2) is 4.03. The van der Waals surface area contributed by atoms with Crippen LogP contribution in [0.5, 0.6) is 0 Å². The molecule has 0 aliphatic rings. The van der Waals surface area contributed by atoms with Gasteiger partial charge in [0.25, 0.3) is 0 Å². The second-order valence-corrected chi connectivity index (χ2v) is 2.92. The van der Waals surface area contributed by atoms with E-state index in [4.69, 9.17) is 0 Å². The molecule has 0 spiro atoms. The van der Waals surface area contributed by atoms with E-state index < -0.39 is 0 Å². The van der Waals surface area contributed by atoms with Gasteiger partial charge in [0.15, 0.2) is 5.78 Å². The average molecular weight is 178 g/mol. The summed E-state index contributed by atoms with van der Waals surface area (Å²) in [5, 5.41) is 2.96. The van der Waals surface area contributed by atoms with Gasteiger partial charge in [0.05, 0.1) is 0 Å². The first-order valence-electron chi connectivity index (χ1n) is 4.36. The van der Waals surface area contributed by atoms with Crippen molar-refractivity contribution in [3.63, 3.8) is 0 Å². The average Bonchev–Trinajstić information content (AvgIpc) is 2.16. The van der Waals surface area contributed by atoms with Gasteiger partial charge in [-0.15, -0.1) is 0 Å². The zero-order valence-electron chi connectivity index (χ0n) is 8.22. The molecule has 0 saturated heterocycles. The number of aromatic nitrogens is 1. The molecule has 0 radical (unpaired) electrons. The van der Waals surface area contributed by atoms with Crippen LogP contribution in [0, 0.1) is 6.92 Å². The van der Waals surface area contributed by atoms with Gasteiger partial charge in [-0.3, -0.25) is 4.79 Å². The summed E-state index contributed by atoms with van der Waals surface area (Å²) in [5.41, 5.74) is 1.70. The number of carbonyl (C=O) groups is 1. The lowest BCUT2D eigenvalue weighted by Gasteiger charge is -2.04. The molecule has 1 heterocycles. The van der Waals surface area contributed by atoms with Gasteiger partial charge in [-0.1, -0.05) is 6.92 Å². The number of aryl methyl sites for hydroxylation is 1. The zero-order chi connectivity index (χ0) is 9.84. The van der Waals surface area contributed by atoms with Gasteiger partial charge in [-0.2, -0.15) is 0 Å². The molecule has 70 valence electrons. The molecule has 0 fully saturated rings. The summed E-state index contributed by atoms with van der Waals surface area (Å²) >= 11 is 0. The van der Waals surface area contributed by atoms with Crippen molar-refractivity contribution in [3.05, 3.63) is 23.4 Å². The van der Waals surface area contributed by atoms with Crippen molar-refractivity contribution in [1.82, 2.24) is 4.98 Å². The maximum absolute atomic E-state index is 11.3. The Morgan fingerprint density at radius 2 is 2.31 bits per heavy atom. The van der Waals surface area contributed by atoms with Crippen molar-refractivity contribution in [2.24, 2.45) is 0 Å². The summed E-state index contributed by atoms with van der Waals surface area (Å²) in [7, 11) is 1.82. The Balaban J connectivity index is 3.02. The molecule has 1 N–H and O–H groups in total. The molecule has 0 aliphatic carbocycles. The molecule has 3 heteroatoms. The van der Waals surface area contributed by atoms with Gasteiger partial charge in [0.2, 0.25) is 0 Å². The SMILES string of the molecule is CCC(=O)c1cnc(NC)c(C)c1. The molecule has 13 heavy (non-hydrogen) atoms. The molecular weight excluding hydrogens is 164 g/mol. The van der Waals surface area contributed by atoms with Crippen LogP contribution >= 0.6 is 0 Å². The fraction of sp³-hybridized carbons (Fsp3) is 0.400. The highest BCUT2D eigenvalue weighted by molar-refractivity contribution is 5.95. The van der Waals surface area contributed by atoms with Gasteiger partial charge < -0.3 is 5.32 Å². The number of pyridine rings is 1. The number of ketones is 1. The van der Waals surface area contributed by atoms with E-state index in [0.717, 1.165) is 11.4 Å². The minimum Gasteiger partial charge on any atom is -0.373 e. The Hall–Kier alpha value is -1.38. The third kappa shape index (κ3) is 2.05. The smallest absolute Gasteiger partial charge is 0.164 e. The van der Waals surface area contributed by atoms with Crippen LogP contribution in [0.3, 0.4) is 0 Å². The van der Waals surface area contributed by atoms with Gasteiger partial charge in [0.1, 0.15) is 5.82 Å². The third-order valence-electron chi connectivity index (χ3n) is 1.96. The number of carbonyl (C=O) groups excluding carboxylic acids is 1. The van der Waals surface area contributed by atoms with Crippen molar-refractivity contribution in [3.8, 4) is 0 Å². The van der Waals surface area contributed by atoms with Crippen LogP contribution in [0.25, 0.3) is 0 Å². The first-order chi connectivity index (χ1) is 6.19. The number of hydrogen-bond acceptors (Lipinski definition) is 3. The molecule has 0 bridgehead atoms. The largest absolute Gasteiger partial charge is 0.373 e. The highest BCUT2D eigenvalue weighted by Gasteiger charge is 2.05. The summed E-state index contributed by atoms with van der Waals surface area (Å²) in [5.74, 6) is 0.964. The number of hydrogen-bond donors (Lipinski definition) is 1. The summed E-state index contributed by atoms with van der Waals surface area (Å²) in [6.45, 7) is 3.79. The monoisotopic (exact) mass is 178 g/mol. The summed E-state index contributed by atoms with van der Waals surface area (Å²) in [6.07, 6.45) is 2.14. The fourth-order valence-corrected chi connectivity index (χ4v) is 1.19. The fourth-order valence-electron chi connectivity index (χ4n) is 1.19. The van der Waals surface area contributed by atoms with E-state index in [1.54, 1.807) is 6.20 Å². The Kier molecular flexibility index (Phi) is 3.01. The van der Waals surface area contributed by atoms with Crippen LogP contribution in [0.4, 0.5) is 5.82 Å². The summed E-state index contributed by atoms with van der Waals surface area (Å²) in [6, 6.07) is 1.87. The minimum absolute atomic E-state index is 0.137. The molecule has 0 amide bonds. The molecule has 1 aromatic rings. The highest BCUT2D eigenvalue weighted by Crippen LogP contribution is 2.12. The lowest BCUT2D eigenvalue weighted by atomic mass is 10.1. The predicted octanol–water partition coefficient (Wildman–Crippen LogP) is 2.02. The van der Waals surface area contributed by atoms with E-state index in [1.165, 1.54) is 0 Å². The van der Waals surface area contributed by atoms with Crippen LogP contribution in [0.1, 0.15) is 29.3 Å². The quantitative estimate of drug-likeness (QED) is 0.720. The molecule has 1 aromatic heterocycles. The second-order valence-electron chi connectivity index (χ2n) is 2.92. The van der Waals surface area contributed by atoms with Crippen LogP contribution in [0.15, 0.2) is 12.3 Å². The van der Waals surface area contributed by atoms with E-state index in [9.17, 15) is 4.79 Å². The number of nitrogens with one attached hydrogen (secondary N) is 1. The van der Waals surface area contributed by atoms with Gasteiger partial charge in [-0.05, 0) is 18.6 Å². The molecule has 0 aliphatic heterocycles. The number of anilines is 1. The Morgan fingerprint density at radius 3 is 2.77 bits per heavy atom. The van der Waals surface area contributed by atoms with E-state index in [-0.39, 0.29) is 5.78 Å². The Morgan fingerprint density at radius 1 is 1.62 bits per heavy atom. The topological polar surface area (TPSA) is 42.0 Å². The van der Waals surface area contributed by atoms with Crippen molar-refractivity contribution in [1.29, 1.82) is 0 Å². The Labute approximate surface area is 78.2 Å². The first-order valence-corrected chi connectivity index (χ1v) is 4.36. The number of nitrogens with zero attached hydrogens (tertiary/aromatic N) is 1. The standard InChI is InChI=1S/C10H14N2O/c1-4-9(13)8-5-7(2)10(11-3)12-6-8/h5-6H,4H2,1-3H3,(H,11,12). The number of Topliss-reactive ketones (excluding diaryl/α,β-unsaturated/α-hetero) is 1. The van der Waals surface area contributed by atoms with E-state index in [1.807, 2.05) is 27.0 Å². The highest BCUT2D eigenvalue weighted by atomic mass is 16.1. The summed E-state index contributed by atoms with van der Waals surface area (Å²) in [4.78, 5) is 15.4. The van der Waals surface area contributed by atoms with E-state index in [2.05, 4.69) is 10.3 Å². The first kappa shape index (κ1) is 9.71. The molecule has 0 aromatic carbocycles. The molecule has 3 nitrogen and oxygen atoms in total. The van der Waals surface area contributed by atoms with Crippen LogP contribution < -0.4 is 5.32 Å². The van der Waals surface area contributed by atoms with Crippen molar-refractivity contribution in [2.45, 2.75) is 20.3 Å². The predicted molar refractivity (Wildman–Crippen MR) is 53.1 cm³/mol. The van der Waals surface area contributed by atoms with Gasteiger partial charge >= 0.3 is 0 Å². The van der Waals surface area contributed by atoms with E-state index >= 15 is 0 Å². The van der Waals surface area contributed by atoms with Gasteiger partial charge in [-0.25, -0.2) is 4.98 Å². The van der Waals surface area contributed by atoms with Crippen LogP contribution in [-0.4, -0.2) is 17.8 Å². The Bertz CT molecular complexity index is 321. The maximum atomic E-state index is 11.3. The normalized spacial score (nSPS) is 9.77. The van der Waals surface area contributed by atoms with Crippen LogP contribution in [-0.2, 0) is 0 Å². The minimum atomic E-state index is 0.137. The lowest BCUT2D eigenvalue weighted by Crippen LogP contribution is -2.01. The molecule has 0 unspecified atom stereocenters. The lowest BCUT2D eigenvalue weighted by molar-refractivity contribution is 0.0988. The molecule has 1 rings (SSSR count). The van der Waals surface area contributed by atoms with Crippen molar-refractivity contribution >= 4 is 11.6 Å². The van der Waals surface area contributed by atoms with Crippen LogP contribution in [0.2, 0.25) is 0 Å². The van der Waals surface area contributed by atoms with Gasteiger partial charge in [0, 0.05) is 25.2 Å². The third-order valence-corrected chi connectivity index (χ3v) is 1.96. The van der Waals surface area contributed by atoms with E-state index in [0.29, 0.717) is 12.0 Å². The van der Waals surface area contributed by atoms with Crippen molar-refractivity contribution in [2.75, 3.05) is 12.4 Å². The number of rotatable bonds is 3. The molecular formula is C10H14N2O. The molecule has 0 atom stereocenters. The summed E-state index contributed by atoms with van der Waals surface area (Å²) < 4.78 is 0. The molecule has 0 saturated carbocycles. The zero-order valence-corrected chi connectivity index (χ0v) is 8.22. The van der Waals surface area contributed by atoms with Crippen molar-refractivity contribution < 1.29 is 4.79 Å². The maximum Gasteiger partial charge on any atom is 0.164 e.